The number of benzene rings is 1. The standard InChI is InChI=1S/C28H23FN8O/c1-3-4-23(38)32-19-12-17(13-30-14-19)20-5-6-22-26(33-20)27(37-36-22)28-34-21-7-8-31-24(25(21)35-28)16-9-15(2)10-18(29)11-16/h5-14H,3-4H2,1-2H3,(H,32,38)(H,34,35)(H,36,37). The highest BCUT2D eigenvalue weighted by molar-refractivity contribution is 5.95. The normalized spacial score (nSPS) is 11.3. The van der Waals surface area contributed by atoms with Crippen LogP contribution in [0.4, 0.5) is 10.1 Å². The third kappa shape index (κ3) is 4.36. The number of fused-ring (bicyclic) bond motifs is 2. The van der Waals surface area contributed by atoms with Crippen LogP contribution in [0.5, 0.6) is 0 Å². The molecule has 38 heavy (non-hydrogen) atoms. The van der Waals surface area contributed by atoms with Crippen molar-refractivity contribution in [1.29, 1.82) is 0 Å². The van der Waals surface area contributed by atoms with E-state index in [0.717, 1.165) is 28.6 Å². The van der Waals surface area contributed by atoms with E-state index >= 15 is 0 Å². The zero-order valence-electron chi connectivity index (χ0n) is 20.7. The van der Waals surface area contributed by atoms with Gasteiger partial charge in [-0.15, -0.1) is 0 Å². The number of hydrogen-bond donors (Lipinski definition) is 3. The van der Waals surface area contributed by atoms with E-state index in [-0.39, 0.29) is 11.7 Å². The minimum absolute atomic E-state index is 0.0564. The Morgan fingerprint density at radius 2 is 1.84 bits per heavy atom. The van der Waals surface area contributed by atoms with Crippen molar-refractivity contribution in [2.24, 2.45) is 0 Å². The van der Waals surface area contributed by atoms with E-state index < -0.39 is 0 Å². The Morgan fingerprint density at radius 3 is 2.68 bits per heavy atom. The van der Waals surface area contributed by atoms with Crippen molar-refractivity contribution in [3.8, 4) is 34.0 Å². The van der Waals surface area contributed by atoms with Gasteiger partial charge in [0, 0.05) is 29.9 Å². The van der Waals surface area contributed by atoms with Gasteiger partial charge in [0.15, 0.2) is 11.5 Å². The molecule has 5 heterocycles. The average molecular weight is 507 g/mol. The van der Waals surface area contributed by atoms with Crippen molar-refractivity contribution in [3.63, 3.8) is 0 Å². The number of hydrogen-bond acceptors (Lipinski definition) is 6. The van der Waals surface area contributed by atoms with E-state index in [1.165, 1.54) is 12.1 Å². The Hall–Kier alpha value is -4.99. The molecule has 0 bridgehead atoms. The molecule has 9 nitrogen and oxygen atoms in total. The van der Waals surface area contributed by atoms with Crippen molar-refractivity contribution in [2.45, 2.75) is 26.7 Å². The number of aryl methyl sites for hydroxylation is 1. The molecule has 1 amide bonds. The zero-order chi connectivity index (χ0) is 26.2. The quantitative estimate of drug-likeness (QED) is 0.262. The highest BCUT2D eigenvalue weighted by Gasteiger charge is 2.18. The number of H-pyrrole nitrogens is 2. The fourth-order valence-corrected chi connectivity index (χ4v) is 4.46. The first-order valence-corrected chi connectivity index (χ1v) is 12.2. The molecule has 0 aliphatic rings. The van der Waals surface area contributed by atoms with Crippen LogP contribution in [-0.4, -0.2) is 41.0 Å². The number of pyridine rings is 3. The van der Waals surface area contributed by atoms with Gasteiger partial charge in [-0.1, -0.05) is 6.92 Å². The Kier molecular flexibility index (Phi) is 5.83. The van der Waals surface area contributed by atoms with Gasteiger partial charge in [0.05, 0.1) is 34.3 Å². The summed E-state index contributed by atoms with van der Waals surface area (Å²) in [6.45, 7) is 3.80. The highest BCUT2D eigenvalue weighted by Crippen LogP contribution is 2.31. The first kappa shape index (κ1) is 23.4. The van der Waals surface area contributed by atoms with Gasteiger partial charge in [-0.3, -0.25) is 19.9 Å². The summed E-state index contributed by atoms with van der Waals surface area (Å²) in [6.07, 6.45) is 6.18. The zero-order valence-corrected chi connectivity index (χ0v) is 20.7. The third-order valence-corrected chi connectivity index (χ3v) is 6.14. The minimum atomic E-state index is -0.326. The number of anilines is 1. The molecule has 0 aliphatic heterocycles. The first-order valence-electron chi connectivity index (χ1n) is 12.2. The van der Waals surface area contributed by atoms with Gasteiger partial charge in [-0.05, 0) is 61.4 Å². The highest BCUT2D eigenvalue weighted by atomic mass is 19.1. The van der Waals surface area contributed by atoms with Gasteiger partial charge in [-0.25, -0.2) is 14.4 Å². The molecule has 6 aromatic rings. The summed E-state index contributed by atoms with van der Waals surface area (Å²) in [7, 11) is 0. The summed E-state index contributed by atoms with van der Waals surface area (Å²) in [5.41, 5.74) is 7.33. The predicted octanol–water partition coefficient (Wildman–Crippen LogP) is 5.81. The van der Waals surface area contributed by atoms with Crippen LogP contribution in [-0.2, 0) is 4.79 Å². The van der Waals surface area contributed by atoms with Crippen molar-refractivity contribution < 1.29 is 9.18 Å². The van der Waals surface area contributed by atoms with Crippen LogP contribution in [0.15, 0.2) is 61.1 Å². The second-order valence-electron chi connectivity index (χ2n) is 9.08. The van der Waals surface area contributed by atoms with E-state index in [1.807, 2.05) is 44.2 Å². The summed E-state index contributed by atoms with van der Waals surface area (Å²) in [5.74, 6) is 0.129. The fraction of sp³-hybridized carbons (Fsp3) is 0.143. The van der Waals surface area contributed by atoms with Crippen LogP contribution >= 0.6 is 0 Å². The molecular weight excluding hydrogens is 483 g/mol. The third-order valence-electron chi connectivity index (χ3n) is 6.14. The number of carbonyl (C=O) groups excluding carboxylic acids is 1. The lowest BCUT2D eigenvalue weighted by atomic mass is 10.1. The molecule has 188 valence electrons. The Morgan fingerprint density at radius 1 is 0.974 bits per heavy atom. The van der Waals surface area contributed by atoms with E-state index in [0.29, 0.717) is 51.6 Å². The molecule has 6 rings (SSSR count). The van der Waals surface area contributed by atoms with E-state index in [9.17, 15) is 9.18 Å². The number of carbonyl (C=O) groups is 1. The van der Waals surface area contributed by atoms with Gasteiger partial charge in [-0.2, -0.15) is 5.10 Å². The SMILES string of the molecule is CCCC(=O)Nc1cncc(-c2ccc3[nH]nc(-c4nc5c(-c6cc(C)cc(F)c6)nccc5[nH]4)c3n2)c1. The van der Waals surface area contributed by atoms with Gasteiger partial charge in [0.25, 0.3) is 0 Å². The number of nitrogens with one attached hydrogen (secondary N) is 3. The summed E-state index contributed by atoms with van der Waals surface area (Å²) in [5, 5.41) is 10.4. The van der Waals surface area contributed by atoms with Crippen LogP contribution in [0.3, 0.4) is 0 Å². The lowest BCUT2D eigenvalue weighted by molar-refractivity contribution is -0.116. The Balaban J connectivity index is 1.41. The molecule has 0 spiro atoms. The lowest BCUT2D eigenvalue weighted by Crippen LogP contribution is -2.10. The summed E-state index contributed by atoms with van der Waals surface area (Å²) < 4.78 is 14.1. The number of halogens is 1. The van der Waals surface area contributed by atoms with Gasteiger partial charge >= 0.3 is 0 Å². The van der Waals surface area contributed by atoms with Crippen molar-refractivity contribution in [3.05, 3.63) is 72.4 Å². The maximum atomic E-state index is 14.1. The van der Waals surface area contributed by atoms with E-state index in [1.54, 1.807) is 18.6 Å². The molecule has 0 saturated carbocycles. The van der Waals surface area contributed by atoms with Crippen molar-refractivity contribution in [2.75, 3.05) is 5.32 Å². The van der Waals surface area contributed by atoms with Gasteiger partial charge < -0.3 is 10.3 Å². The molecule has 0 unspecified atom stereocenters. The number of amides is 1. The molecule has 1 aromatic carbocycles. The lowest BCUT2D eigenvalue weighted by Gasteiger charge is -2.06. The van der Waals surface area contributed by atoms with Gasteiger partial charge in [0.2, 0.25) is 5.91 Å². The molecule has 10 heteroatoms. The van der Waals surface area contributed by atoms with Crippen molar-refractivity contribution in [1.82, 2.24) is 35.1 Å². The molecule has 5 aromatic heterocycles. The van der Waals surface area contributed by atoms with E-state index in [4.69, 9.17) is 9.97 Å². The second-order valence-corrected chi connectivity index (χ2v) is 9.08. The molecular formula is C28H23FN8O. The van der Waals surface area contributed by atoms with Crippen LogP contribution in [0.25, 0.3) is 56.1 Å². The molecule has 0 aliphatic carbocycles. The Labute approximate surface area is 216 Å². The maximum Gasteiger partial charge on any atom is 0.224 e. The van der Waals surface area contributed by atoms with Crippen LogP contribution in [0.2, 0.25) is 0 Å². The number of rotatable bonds is 6. The molecule has 0 saturated heterocycles. The fourth-order valence-electron chi connectivity index (χ4n) is 4.46. The van der Waals surface area contributed by atoms with Crippen molar-refractivity contribution >= 4 is 33.7 Å². The van der Waals surface area contributed by atoms with E-state index in [2.05, 4.69) is 30.5 Å². The topological polar surface area (TPSA) is 125 Å². The number of nitrogens with zero attached hydrogens (tertiary/aromatic N) is 5. The summed E-state index contributed by atoms with van der Waals surface area (Å²) >= 11 is 0. The average Bonchev–Trinajstić information content (AvgIpc) is 3.52. The molecule has 3 N–H and O–H groups in total. The molecule has 0 fully saturated rings. The summed E-state index contributed by atoms with van der Waals surface area (Å²) in [4.78, 5) is 33.7. The number of imidazole rings is 1. The predicted molar refractivity (Wildman–Crippen MR) is 144 cm³/mol. The van der Waals surface area contributed by atoms with Crippen LogP contribution in [0, 0.1) is 12.7 Å². The molecule has 0 atom stereocenters. The van der Waals surface area contributed by atoms with Crippen LogP contribution < -0.4 is 5.32 Å². The number of aromatic amines is 2. The maximum absolute atomic E-state index is 14.1. The minimum Gasteiger partial charge on any atom is -0.336 e. The molecule has 0 radical (unpaired) electrons. The summed E-state index contributed by atoms with van der Waals surface area (Å²) in [6, 6.07) is 12.2. The second kappa shape index (κ2) is 9.47. The largest absolute Gasteiger partial charge is 0.336 e. The first-order chi connectivity index (χ1) is 18.5. The monoisotopic (exact) mass is 506 g/mol. The van der Waals surface area contributed by atoms with Gasteiger partial charge in [0.1, 0.15) is 16.9 Å². The Bertz CT molecular complexity index is 1800. The number of aromatic nitrogens is 7. The smallest absolute Gasteiger partial charge is 0.224 e. The van der Waals surface area contributed by atoms with Crippen LogP contribution in [0.1, 0.15) is 25.3 Å².